The molecule has 2 unspecified atom stereocenters. The topological polar surface area (TPSA) is 60.2 Å². The molecule has 3 aliphatic rings. The highest BCUT2D eigenvalue weighted by Gasteiger charge is 2.73. The number of fused-ring (bicyclic) bond motifs is 5. The average molecular weight is 509 g/mol. The van der Waals surface area contributed by atoms with Crippen LogP contribution in [0.25, 0.3) is 4.85 Å². The van der Waals surface area contributed by atoms with Crippen LogP contribution in [0.3, 0.4) is 0 Å². The number of nitrogens with zero attached hydrogens (tertiary/aromatic N) is 2. The number of hydrogen-bond donors (Lipinski definition) is 0. The second-order valence-corrected chi connectivity index (χ2v) is 16.4. The molecular weight excluding hydrogens is 477 g/mol. The van der Waals surface area contributed by atoms with Crippen LogP contribution in [0.1, 0.15) is 52.5 Å². The highest BCUT2D eigenvalue weighted by atomic mass is 28.4. The van der Waals surface area contributed by atoms with Crippen LogP contribution in [0, 0.1) is 18.4 Å². The summed E-state index contributed by atoms with van der Waals surface area (Å²) in [6, 6.07) is 2.97. The van der Waals surface area contributed by atoms with E-state index in [0.717, 1.165) is 17.0 Å². The standard InChI is InChI=1S/C25H31F3N2O4Si/c1-22(2,3)35(6,7)33-13-12-24-11-10-23(4,34-24)18-19(24)21(32)30(20(18)31)15-8-9-17(29-5)16(14-15)25(26,27)28/h8-9,14,18-19H,10-13H2,1-4,6-7H3/t18-,19+,23?,24?/m1/s1. The number of anilines is 1. The van der Waals surface area contributed by atoms with E-state index in [-0.39, 0.29) is 10.7 Å². The fourth-order valence-electron chi connectivity index (χ4n) is 5.55. The van der Waals surface area contributed by atoms with E-state index < -0.39 is 60.6 Å². The first-order valence-electron chi connectivity index (χ1n) is 11.8. The van der Waals surface area contributed by atoms with Gasteiger partial charge < -0.3 is 9.16 Å². The normalized spacial score (nSPS) is 30.7. The molecule has 2 bridgehead atoms. The number of halogens is 3. The summed E-state index contributed by atoms with van der Waals surface area (Å²) in [4.78, 5) is 30.9. The first kappa shape index (κ1) is 25.9. The third-order valence-electron chi connectivity index (χ3n) is 8.47. The van der Waals surface area contributed by atoms with Gasteiger partial charge in [-0.05, 0) is 56.5 Å². The van der Waals surface area contributed by atoms with Crippen LogP contribution in [0.4, 0.5) is 24.5 Å². The molecule has 3 saturated heterocycles. The SMILES string of the molecule is [C-]#[N+]c1ccc(N2C(=O)[C@@H]3[C@H](C2=O)C2(C)CCC3(CCO[Si](C)(C)C(C)(C)C)O2)cc1C(F)(F)F. The molecule has 0 spiro atoms. The number of benzene rings is 1. The van der Waals surface area contributed by atoms with Crippen LogP contribution in [0.5, 0.6) is 0 Å². The van der Waals surface area contributed by atoms with Gasteiger partial charge in [0.15, 0.2) is 14.0 Å². The second kappa shape index (κ2) is 7.89. The van der Waals surface area contributed by atoms with Gasteiger partial charge >= 0.3 is 6.18 Å². The van der Waals surface area contributed by atoms with Crippen molar-refractivity contribution in [2.75, 3.05) is 11.5 Å². The number of ether oxygens (including phenoxy) is 1. The number of carbonyl (C=O) groups is 2. The maximum Gasteiger partial charge on any atom is 0.407 e. The van der Waals surface area contributed by atoms with Crippen molar-refractivity contribution in [2.24, 2.45) is 11.8 Å². The number of imide groups is 1. The van der Waals surface area contributed by atoms with Crippen molar-refractivity contribution in [1.82, 2.24) is 0 Å². The Labute approximate surface area is 204 Å². The minimum Gasteiger partial charge on any atom is -0.417 e. The predicted molar refractivity (Wildman–Crippen MR) is 126 cm³/mol. The molecule has 10 heteroatoms. The van der Waals surface area contributed by atoms with E-state index in [1.54, 1.807) is 0 Å². The van der Waals surface area contributed by atoms with Gasteiger partial charge in [-0.3, -0.25) is 9.59 Å². The van der Waals surface area contributed by atoms with Gasteiger partial charge in [0.2, 0.25) is 11.8 Å². The van der Waals surface area contributed by atoms with Gasteiger partial charge in [-0.25, -0.2) is 9.74 Å². The van der Waals surface area contributed by atoms with Crippen molar-refractivity contribution in [3.8, 4) is 0 Å². The summed E-state index contributed by atoms with van der Waals surface area (Å²) in [7, 11) is -2.04. The van der Waals surface area contributed by atoms with Crippen LogP contribution in [0.2, 0.25) is 18.1 Å². The summed E-state index contributed by atoms with van der Waals surface area (Å²) >= 11 is 0. The van der Waals surface area contributed by atoms with Gasteiger partial charge in [0.25, 0.3) is 0 Å². The molecule has 3 aliphatic heterocycles. The quantitative estimate of drug-likeness (QED) is 0.274. The lowest BCUT2D eigenvalue weighted by atomic mass is 9.67. The Morgan fingerprint density at radius 3 is 2.37 bits per heavy atom. The average Bonchev–Trinajstić information content (AvgIpc) is 3.30. The molecule has 0 aromatic heterocycles. The lowest BCUT2D eigenvalue weighted by Crippen LogP contribution is -2.45. The Balaban J connectivity index is 1.65. The van der Waals surface area contributed by atoms with E-state index in [4.69, 9.17) is 15.7 Å². The van der Waals surface area contributed by atoms with E-state index in [9.17, 15) is 22.8 Å². The summed E-state index contributed by atoms with van der Waals surface area (Å²) in [5, 5.41) is 0.0115. The first-order chi connectivity index (χ1) is 16.0. The zero-order chi connectivity index (χ0) is 26.2. The smallest absolute Gasteiger partial charge is 0.407 e. The lowest BCUT2D eigenvalue weighted by molar-refractivity contribution is -0.137. The third-order valence-corrected chi connectivity index (χ3v) is 13.0. The minimum absolute atomic E-state index is 0.0115. The van der Waals surface area contributed by atoms with Crippen molar-refractivity contribution < 1.29 is 31.9 Å². The number of hydrogen-bond acceptors (Lipinski definition) is 4. The van der Waals surface area contributed by atoms with Crippen molar-refractivity contribution in [3.63, 3.8) is 0 Å². The molecule has 1 aromatic rings. The number of alkyl halides is 3. The fraction of sp³-hybridized carbons (Fsp3) is 0.640. The molecule has 0 N–H and O–H groups in total. The molecule has 35 heavy (non-hydrogen) atoms. The first-order valence-corrected chi connectivity index (χ1v) is 14.7. The lowest BCUT2D eigenvalue weighted by Gasteiger charge is -2.38. The molecule has 0 saturated carbocycles. The van der Waals surface area contributed by atoms with E-state index >= 15 is 0 Å². The molecule has 6 nitrogen and oxygen atoms in total. The minimum atomic E-state index is -4.78. The van der Waals surface area contributed by atoms with Gasteiger partial charge in [0.05, 0.1) is 35.2 Å². The molecular formula is C25H31F3N2O4Si. The Hall–Kier alpha value is -2.22. The van der Waals surface area contributed by atoms with E-state index in [2.05, 4.69) is 38.7 Å². The Morgan fingerprint density at radius 1 is 1.17 bits per heavy atom. The summed E-state index contributed by atoms with van der Waals surface area (Å²) < 4.78 is 53.4. The third kappa shape index (κ3) is 3.92. The fourth-order valence-corrected chi connectivity index (χ4v) is 6.59. The number of amides is 2. The molecule has 2 amide bonds. The van der Waals surface area contributed by atoms with Crippen molar-refractivity contribution >= 4 is 31.5 Å². The van der Waals surface area contributed by atoms with Gasteiger partial charge in [-0.2, -0.15) is 13.2 Å². The maximum atomic E-state index is 13.6. The van der Waals surface area contributed by atoms with Crippen LogP contribution in [0.15, 0.2) is 18.2 Å². The van der Waals surface area contributed by atoms with Crippen LogP contribution in [-0.4, -0.2) is 37.9 Å². The monoisotopic (exact) mass is 508 g/mol. The van der Waals surface area contributed by atoms with Crippen molar-refractivity contribution in [3.05, 3.63) is 35.2 Å². The molecule has 3 fully saturated rings. The molecule has 1 aromatic carbocycles. The maximum absolute atomic E-state index is 13.6. The zero-order valence-electron chi connectivity index (χ0n) is 20.9. The number of carbonyl (C=O) groups excluding carboxylic acids is 2. The van der Waals surface area contributed by atoms with Gasteiger partial charge in [0, 0.05) is 12.3 Å². The second-order valence-electron chi connectivity index (χ2n) is 11.6. The molecule has 4 rings (SSSR count). The largest absolute Gasteiger partial charge is 0.417 e. The van der Waals surface area contributed by atoms with Crippen molar-refractivity contribution in [1.29, 1.82) is 0 Å². The van der Waals surface area contributed by atoms with Gasteiger partial charge in [0.1, 0.15) is 0 Å². The van der Waals surface area contributed by atoms with Gasteiger partial charge in [-0.15, -0.1) is 0 Å². The Bertz CT molecular complexity index is 1120. The highest BCUT2D eigenvalue weighted by Crippen LogP contribution is 2.62. The number of rotatable bonds is 5. The van der Waals surface area contributed by atoms with Crippen molar-refractivity contribution in [2.45, 2.75) is 82.5 Å². The van der Waals surface area contributed by atoms with E-state index in [1.807, 2.05) is 6.92 Å². The molecule has 3 heterocycles. The zero-order valence-corrected chi connectivity index (χ0v) is 21.9. The summed E-state index contributed by atoms with van der Waals surface area (Å²) in [5.74, 6) is -2.62. The summed E-state index contributed by atoms with van der Waals surface area (Å²) in [6.45, 7) is 19.9. The molecule has 190 valence electrons. The predicted octanol–water partition coefficient (Wildman–Crippen LogP) is 6.10. The highest BCUT2D eigenvalue weighted by molar-refractivity contribution is 6.74. The van der Waals surface area contributed by atoms with E-state index in [0.29, 0.717) is 25.9 Å². The van der Waals surface area contributed by atoms with E-state index in [1.165, 1.54) is 6.07 Å². The summed E-state index contributed by atoms with van der Waals surface area (Å²) in [6.07, 6.45) is -3.17. The Kier molecular flexibility index (Phi) is 5.83. The summed E-state index contributed by atoms with van der Waals surface area (Å²) in [5.41, 5.74) is -3.63. The molecule has 4 atom stereocenters. The van der Waals surface area contributed by atoms with Gasteiger partial charge in [-0.1, -0.05) is 26.8 Å². The van der Waals surface area contributed by atoms with Crippen LogP contribution < -0.4 is 4.90 Å². The molecule has 0 radical (unpaired) electrons. The van der Waals surface area contributed by atoms with Crippen LogP contribution >= 0.6 is 0 Å². The Morgan fingerprint density at radius 2 is 1.80 bits per heavy atom. The van der Waals surface area contributed by atoms with Crippen LogP contribution in [-0.2, 0) is 24.9 Å². The molecule has 0 aliphatic carbocycles.